The van der Waals surface area contributed by atoms with E-state index in [1.807, 2.05) is 7.05 Å². The Morgan fingerprint density at radius 1 is 1.11 bits per heavy atom. The molecule has 102 valence electrons. The molecular weight excluding hydrogens is 254 g/mol. The summed E-state index contributed by atoms with van der Waals surface area (Å²) in [7, 11) is 1.95. The highest BCUT2D eigenvalue weighted by Crippen LogP contribution is 2.32. The fourth-order valence-electron chi connectivity index (χ4n) is 2.96. The van der Waals surface area contributed by atoms with Crippen LogP contribution in [0.3, 0.4) is 0 Å². The average molecular weight is 275 g/mol. The van der Waals surface area contributed by atoms with Gasteiger partial charge < -0.3 is 5.32 Å². The van der Waals surface area contributed by atoms with Crippen LogP contribution in [0.4, 0.5) is 5.82 Å². The molecule has 0 saturated heterocycles. The van der Waals surface area contributed by atoms with E-state index in [2.05, 4.69) is 16.8 Å². The number of thiophene rings is 1. The molecule has 2 aromatic heterocycles. The summed E-state index contributed by atoms with van der Waals surface area (Å²) in [5.41, 5.74) is 0. The van der Waals surface area contributed by atoms with Crippen molar-refractivity contribution >= 4 is 27.4 Å². The summed E-state index contributed by atoms with van der Waals surface area (Å²) in [5.74, 6) is 2.60. The Bertz CT molecular complexity index is 541. The van der Waals surface area contributed by atoms with Crippen molar-refractivity contribution in [2.75, 3.05) is 12.4 Å². The van der Waals surface area contributed by atoms with Gasteiger partial charge in [-0.25, -0.2) is 9.97 Å². The van der Waals surface area contributed by atoms with Crippen molar-refractivity contribution in [2.24, 2.45) is 0 Å². The van der Waals surface area contributed by atoms with Crippen LogP contribution in [0, 0.1) is 0 Å². The maximum absolute atomic E-state index is 4.81. The Morgan fingerprint density at radius 3 is 2.58 bits per heavy atom. The van der Waals surface area contributed by atoms with E-state index in [-0.39, 0.29) is 0 Å². The van der Waals surface area contributed by atoms with Gasteiger partial charge in [-0.2, -0.15) is 0 Å². The number of aromatic nitrogens is 2. The number of anilines is 1. The van der Waals surface area contributed by atoms with Crippen LogP contribution in [-0.4, -0.2) is 17.0 Å². The molecule has 3 nitrogen and oxygen atoms in total. The molecule has 0 amide bonds. The van der Waals surface area contributed by atoms with E-state index >= 15 is 0 Å². The largest absolute Gasteiger partial charge is 0.372 e. The normalized spacial score (nSPS) is 18.2. The summed E-state index contributed by atoms with van der Waals surface area (Å²) in [4.78, 5) is 10.7. The van der Waals surface area contributed by atoms with Gasteiger partial charge in [0.2, 0.25) is 0 Å². The number of nitrogens with zero attached hydrogens (tertiary/aromatic N) is 2. The van der Waals surface area contributed by atoms with Gasteiger partial charge in [0.25, 0.3) is 0 Å². The Hall–Kier alpha value is -1.16. The first-order valence-corrected chi connectivity index (χ1v) is 8.19. The van der Waals surface area contributed by atoms with E-state index in [1.165, 1.54) is 44.9 Å². The van der Waals surface area contributed by atoms with Crippen molar-refractivity contribution in [1.29, 1.82) is 0 Å². The number of rotatable bonds is 2. The molecule has 0 radical (unpaired) electrons. The lowest BCUT2D eigenvalue weighted by molar-refractivity contribution is 0.443. The predicted octanol–water partition coefficient (Wildman–Crippen LogP) is 4.56. The number of hydrogen-bond acceptors (Lipinski definition) is 4. The van der Waals surface area contributed by atoms with E-state index in [1.54, 1.807) is 11.3 Å². The molecule has 1 saturated carbocycles. The molecule has 1 N–H and O–H groups in total. The van der Waals surface area contributed by atoms with E-state index in [0.717, 1.165) is 21.9 Å². The maximum Gasteiger partial charge on any atom is 0.138 e. The molecule has 19 heavy (non-hydrogen) atoms. The zero-order valence-electron chi connectivity index (χ0n) is 11.5. The van der Waals surface area contributed by atoms with Gasteiger partial charge in [-0.05, 0) is 24.3 Å². The smallest absolute Gasteiger partial charge is 0.138 e. The van der Waals surface area contributed by atoms with Crippen molar-refractivity contribution < 1.29 is 0 Å². The van der Waals surface area contributed by atoms with Crippen LogP contribution in [0.1, 0.15) is 56.7 Å². The highest BCUT2D eigenvalue weighted by Gasteiger charge is 2.18. The second-order valence-corrected chi connectivity index (χ2v) is 6.26. The molecule has 0 atom stereocenters. The molecular formula is C15H21N3S. The van der Waals surface area contributed by atoms with Gasteiger partial charge in [0.15, 0.2) is 0 Å². The first-order chi connectivity index (χ1) is 9.38. The van der Waals surface area contributed by atoms with Gasteiger partial charge in [-0.15, -0.1) is 11.3 Å². The Balaban J connectivity index is 1.93. The molecule has 0 spiro atoms. The maximum atomic E-state index is 4.81. The van der Waals surface area contributed by atoms with E-state index in [4.69, 9.17) is 9.97 Å². The zero-order chi connectivity index (χ0) is 13.1. The third-order valence-electron chi connectivity index (χ3n) is 4.05. The Labute approximate surface area is 118 Å². The fraction of sp³-hybridized carbons (Fsp3) is 0.600. The van der Waals surface area contributed by atoms with Crippen LogP contribution in [0.25, 0.3) is 10.2 Å². The van der Waals surface area contributed by atoms with Gasteiger partial charge in [-0.3, -0.25) is 0 Å². The van der Waals surface area contributed by atoms with Crippen LogP contribution >= 0.6 is 11.3 Å². The lowest BCUT2D eigenvalue weighted by Gasteiger charge is -2.19. The van der Waals surface area contributed by atoms with E-state index < -0.39 is 0 Å². The molecule has 0 aromatic carbocycles. The lowest BCUT2D eigenvalue weighted by atomic mass is 9.90. The van der Waals surface area contributed by atoms with Gasteiger partial charge in [0.05, 0.1) is 5.39 Å². The van der Waals surface area contributed by atoms with Crippen molar-refractivity contribution in [2.45, 2.75) is 50.9 Å². The number of hydrogen-bond donors (Lipinski definition) is 1. The molecule has 3 rings (SSSR count). The molecule has 0 bridgehead atoms. The number of fused-ring (bicyclic) bond motifs is 1. The molecule has 1 aliphatic rings. The summed E-state index contributed by atoms with van der Waals surface area (Å²) >= 11 is 1.71. The Kier molecular flexibility index (Phi) is 3.97. The summed E-state index contributed by atoms with van der Waals surface area (Å²) in [6.45, 7) is 0. The highest BCUT2D eigenvalue weighted by atomic mass is 32.1. The third-order valence-corrected chi connectivity index (χ3v) is 4.86. The predicted molar refractivity (Wildman–Crippen MR) is 82.0 cm³/mol. The summed E-state index contributed by atoms with van der Waals surface area (Å²) in [6.07, 6.45) is 9.30. The highest BCUT2D eigenvalue weighted by molar-refractivity contribution is 7.16. The quantitative estimate of drug-likeness (QED) is 0.873. The third kappa shape index (κ3) is 2.73. The lowest BCUT2D eigenvalue weighted by Crippen LogP contribution is -2.08. The van der Waals surface area contributed by atoms with Gasteiger partial charge in [0.1, 0.15) is 16.5 Å². The first kappa shape index (κ1) is 12.9. The fourth-order valence-corrected chi connectivity index (χ4v) is 3.73. The molecule has 0 unspecified atom stereocenters. The topological polar surface area (TPSA) is 37.8 Å². The van der Waals surface area contributed by atoms with Crippen LogP contribution in [-0.2, 0) is 0 Å². The minimum Gasteiger partial charge on any atom is -0.372 e. The minimum absolute atomic E-state index is 0.555. The second-order valence-electron chi connectivity index (χ2n) is 5.36. The van der Waals surface area contributed by atoms with Crippen molar-refractivity contribution in [3.05, 3.63) is 17.3 Å². The second kappa shape index (κ2) is 5.87. The summed E-state index contributed by atoms with van der Waals surface area (Å²) in [5, 5.41) is 6.47. The monoisotopic (exact) mass is 275 g/mol. The standard InChI is InChI=1S/C15H21N3S/c1-16-14-12-9-10-19-15(12)18-13(17-14)11-7-5-3-2-4-6-8-11/h9-11H,2-8H2,1H3,(H,16,17,18). The van der Waals surface area contributed by atoms with Crippen LogP contribution in [0.2, 0.25) is 0 Å². The van der Waals surface area contributed by atoms with Crippen molar-refractivity contribution in [3.63, 3.8) is 0 Å². The zero-order valence-corrected chi connectivity index (χ0v) is 12.3. The van der Waals surface area contributed by atoms with Gasteiger partial charge in [0, 0.05) is 13.0 Å². The Morgan fingerprint density at radius 2 is 1.84 bits per heavy atom. The van der Waals surface area contributed by atoms with Gasteiger partial charge in [-0.1, -0.05) is 32.1 Å². The average Bonchev–Trinajstić information content (AvgIpc) is 2.85. The summed E-state index contributed by atoms with van der Waals surface area (Å²) < 4.78 is 0. The van der Waals surface area contributed by atoms with Crippen LogP contribution in [0.5, 0.6) is 0 Å². The van der Waals surface area contributed by atoms with Crippen LogP contribution in [0.15, 0.2) is 11.4 Å². The molecule has 0 aliphatic heterocycles. The molecule has 2 aromatic rings. The first-order valence-electron chi connectivity index (χ1n) is 7.31. The molecule has 4 heteroatoms. The molecule has 1 fully saturated rings. The minimum atomic E-state index is 0.555. The summed E-state index contributed by atoms with van der Waals surface area (Å²) in [6, 6.07) is 2.10. The molecule has 1 aliphatic carbocycles. The van der Waals surface area contributed by atoms with Crippen molar-refractivity contribution in [3.8, 4) is 0 Å². The molecule has 2 heterocycles. The van der Waals surface area contributed by atoms with Gasteiger partial charge >= 0.3 is 0 Å². The van der Waals surface area contributed by atoms with Crippen LogP contribution < -0.4 is 5.32 Å². The van der Waals surface area contributed by atoms with Crippen molar-refractivity contribution in [1.82, 2.24) is 9.97 Å². The van der Waals surface area contributed by atoms with E-state index in [9.17, 15) is 0 Å². The van der Waals surface area contributed by atoms with E-state index in [0.29, 0.717) is 5.92 Å². The SMILES string of the molecule is CNc1nc(C2CCCCCCC2)nc2sccc12. The number of nitrogens with one attached hydrogen (secondary N) is 1.